The average Bonchev–Trinajstić information content (AvgIpc) is 3.21. The zero-order valence-electron chi connectivity index (χ0n) is 15.8. The molecule has 5 nitrogen and oxygen atoms in total. The quantitative estimate of drug-likeness (QED) is 0.478. The van der Waals surface area contributed by atoms with Gasteiger partial charge in [0, 0.05) is 32.0 Å². The van der Waals surface area contributed by atoms with Gasteiger partial charge in [-0.1, -0.05) is 54.6 Å². The predicted octanol–water partition coefficient (Wildman–Crippen LogP) is 3.23. The molecule has 3 rings (SSSR count). The second kappa shape index (κ2) is 10.2. The third-order valence-electron chi connectivity index (χ3n) is 4.26. The molecule has 0 radical (unpaired) electrons. The van der Waals surface area contributed by atoms with E-state index in [0.29, 0.717) is 6.54 Å². The zero-order valence-corrected chi connectivity index (χ0v) is 15.8. The minimum absolute atomic E-state index is 0.659. The lowest BCUT2D eigenvalue weighted by Gasteiger charge is -2.11. The van der Waals surface area contributed by atoms with Crippen molar-refractivity contribution in [2.45, 2.75) is 26.4 Å². The van der Waals surface area contributed by atoms with E-state index in [0.717, 1.165) is 32.0 Å². The molecular weight excluding hydrogens is 334 g/mol. The van der Waals surface area contributed by atoms with Crippen LogP contribution in [-0.4, -0.2) is 28.6 Å². The van der Waals surface area contributed by atoms with Gasteiger partial charge in [-0.2, -0.15) is 0 Å². The van der Waals surface area contributed by atoms with E-state index in [9.17, 15) is 0 Å². The lowest BCUT2D eigenvalue weighted by molar-refractivity contribution is 0.794. The number of nitrogens with one attached hydrogen (secondary N) is 2. The van der Waals surface area contributed by atoms with Crippen LogP contribution in [0.2, 0.25) is 0 Å². The van der Waals surface area contributed by atoms with Gasteiger partial charge >= 0.3 is 0 Å². The first-order chi connectivity index (χ1) is 13.3. The molecule has 0 aliphatic rings. The summed E-state index contributed by atoms with van der Waals surface area (Å²) in [6.45, 7) is 5.29. The van der Waals surface area contributed by atoms with Crippen molar-refractivity contribution >= 4 is 5.96 Å². The van der Waals surface area contributed by atoms with Crippen molar-refractivity contribution in [3.63, 3.8) is 0 Å². The highest BCUT2D eigenvalue weighted by molar-refractivity contribution is 5.79. The van der Waals surface area contributed by atoms with Crippen LogP contribution >= 0.6 is 0 Å². The molecule has 0 atom stereocenters. The fraction of sp³-hybridized carbons (Fsp3) is 0.273. The highest BCUT2D eigenvalue weighted by Gasteiger charge is 2.00. The van der Waals surface area contributed by atoms with Gasteiger partial charge in [-0.3, -0.25) is 0 Å². The van der Waals surface area contributed by atoms with E-state index < -0.39 is 0 Å². The standard InChI is InChI=1S/C22H27N5/c1-2-24-22(25-13-12-19-6-4-3-5-7-19)26-16-20-8-10-21(11-9-20)17-27-15-14-23-18-27/h3-11,14-15,18H,2,12-13,16-17H2,1H3,(H2,24,25,26). The van der Waals surface area contributed by atoms with Crippen molar-refractivity contribution in [3.8, 4) is 0 Å². The van der Waals surface area contributed by atoms with Gasteiger partial charge in [-0.05, 0) is 30.0 Å². The number of guanidine groups is 1. The lowest BCUT2D eigenvalue weighted by atomic mass is 10.1. The molecule has 0 aliphatic carbocycles. The number of benzene rings is 2. The molecule has 0 aliphatic heterocycles. The molecule has 140 valence electrons. The minimum Gasteiger partial charge on any atom is -0.357 e. The van der Waals surface area contributed by atoms with Crippen LogP contribution in [-0.2, 0) is 19.5 Å². The maximum Gasteiger partial charge on any atom is 0.191 e. The molecular formula is C22H27N5. The summed E-state index contributed by atoms with van der Waals surface area (Å²) < 4.78 is 2.06. The molecule has 0 fully saturated rings. The third kappa shape index (κ3) is 6.29. The van der Waals surface area contributed by atoms with E-state index in [1.54, 1.807) is 6.20 Å². The van der Waals surface area contributed by atoms with Gasteiger partial charge in [0.25, 0.3) is 0 Å². The van der Waals surface area contributed by atoms with Crippen LogP contribution in [0, 0.1) is 0 Å². The number of aromatic nitrogens is 2. The molecule has 27 heavy (non-hydrogen) atoms. The van der Waals surface area contributed by atoms with Crippen molar-refractivity contribution in [2.24, 2.45) is 4.99 Å². The summed E-state index contributed by atoms with van der Waals surface area (Å²) in [5.74, 6) is 0.857. The Labute approximate surface area is 161 Å². The van der Waals surface area contributed by atoms with Crippen molar-refractivity contribution < 1.29 is 0 Å². The first-order valence-corrected chi connectivity index (χ1v) is 9.43. The van der Waals surface area contributed by atoms with E-state index in [2.05, 4.69) is 75.6 Å². The van der Waals surface area contributed by atoms with Crippen molar-refractivity contribution in [3.05, 3.63) is 90.0 Å². The Bertz CT molecular complexity index is 808. The summed E-state index contributed by atoms with van der Waals surface area (Å²) in [4.78, 5) is 8.78. The van der Waals surface area contributed by atoms with E-state index in [4.69, 9.17) is 4.99 Å². The molecule has 0 amide bonds. The molecule has 0 bridgehead atoms. The van der Waals surface area contributed by atoms with Gasteiger partial charge in [-0.25, -0.2) is 9.98 Å². The summed E-state index contributed by atoms with van der Waals surface area (Å²) in [7, 11) is 0. The zero-order chi connectivity index (χ0) is 18.7. The minimum atomic E-state index is 0.659. The third-order valence-corrected chi connectivity index (χ3v) is 4.26. The van der Waals surface area contributed by atoms with Crippen LogP contribution in [0.15, 0.2) is 78.3 Å². The topological polar surface area (TPSA) is 54.2 Å². The van der Waals surface area contributed by atoms with Crippen LogP contribution in [0.1, 0.15) is 23.6 Å². The summed E-state index contributed by atoms with van der Waals surface area (Å²) in [6.07, 6.45) is 6.59. The van der Waals surface area contributed by atoms with Crippen LogP contribution in [0.3, 0.4) is 0 Å². The molecule has 0 saturated heterocycles. The Morgan fingerprint density at radius 3 is 2.44 bits per heavy atom. The first-order valence-electron chi connectivity index (χ1n) is 9.43. The summed E-state index contributed by atoms with van der Waals surface area (Å²) in [5.41, 5.74) is 3.78. The van der Waals surface area contributed by atoms with Crippen molar-refractivity contribution in [1.82, 2.24) is 20.2 Å². The summed E-state index contributed by atoms with van der Waals surface area (Å²) in [6, 6.07) is 19.1. The molecule has 0 saturated carbocycles. The van der Waals surface area contributed by atoms with Gasteiger partial charge < -0.3 is 15.2 Å². The maximum absolute atomic E-state index is 4.70. The van der Waals surface area contributed by atoms with Crippen LogP contribution in [0.4, 0.5) is 0 Å². The lowest BCUT2D eigenvalue weighted by Crippen LogP contribution is -2.38. The van der Waals surface area contributed by atoms with Crippen molar-refractivity contribution in [1.29, 1.82) is 0 Å². The Hall–Kier alpha value is -3.08. The Kier molecular flexibility index (Phi) is 7.04. The van der Waals surface area contributed by atoms with E-state index in [1.165, 1.54) is 16.7 Å². The number of hydrogen-bond acceptors (Lipinski definition) is 2. The number of rotatable bonds is 8. The van der Waals surface area contributed by atoms with Crippen molar-refractivity contribution in [2.75, 3.05) is 13.1 Å². The van der Waals surface area contributed by atoms with Gasteiger partial charge in [0.05, 0.1) is 12.9 Å². The average molecular weight is 361 g/mol. The van der Waals surface area contributed by atoms with Crippen LogP contribution in [0.25, 0.3) is 0 Å². The number of nitrogens with zero attached hydrogens (tertiary/aromatic N) is 3. The van der Waals surface area contributed by atoms with Crippen LogP contribution in [0.5, 0.6) is 0 Å². The fourth-order valence-electron chi connectivity index (χ4n) is 2.82. The van der Waals surface area contributed by atoms with Gasteiger partial charge in [0.15, 0.2) is 5.96 Å². The monoisotopic (exact) mass is 361 g/mol. The second-order valence-corrected chi connectivity index (χ2v) is 6.41. The Morgan fingerprint density at radius 1 is 0.963 bits per heavy atom. The molecule has 3 aromatic rings. The number of hydrogen-bond donors (Lipinski definition) is 2. The SMILES string of the molecule is CCNC(=NCc1ccc(Cn2ccnc2)cc1)NCCc1ccccc1. The summed E-state index contributed by atoms with van der Waals surface area (Å²) in [5, 5.41) is 6.72. The molecule has 2 aromatic carbocycles. The number of aliphatic imine (C=N–C) groups is 1. The Morgan fingerprint density at radius 2 is 1.74 bits per heavy atom. The van der Waals surface area contributed by atoms with E-state index in [1.807, 2.05) is 18.6 Å². The van der Waals surface area contributed by atoms with E-state index >= 15 is 0 Å². The highest BCUT2D eigenvalue weighted by Crippen LogP contribution is 2.07. The molecule has 1 aromatic heterocycles. The van der Waals surface area contributed by atoms with Gasteiger partial charge in [-0.15, -0.1) is 0 Å². The largest absolute Gasteiger partial charge is 0.357 e. The normalized spacial score (nSPS) is 11.4. The first kappa shape index (κ1) is 18.7. The molecule has 0 spiro atoms. The second-order valence-electron chi connectivity index (χ2n) is 6.41. The van der Waals surface area contributed by atoms with Gasteiger partial charge in [0.2, 0.25) is 0 Å². The molecule has 0 unspecified atom stereocenters. The summed E-state index contributed by atoms with van der Waals surface area (Å²) >= 11 is 0. The molecule has 5 heteroatoms. The van der Waals surface area contributed by atoms with E-state index in [-0.39, 0.29) is 0 Å². The molecule has 2 N–H and O–H groups in total. The smallest absolute Gasteiger partial charge is 0.191 e. The maximum atomic E-state index is 4.70. The molecule has 1 heterocycles. The number of imidazole rings is 1. The fourth-order valence-corrected chi connectivity index (χ4v) is 2.82. The van der Waals surface area contributed by atoms with Crippen LogP contribution < -0.4 is 10.6 Å². The Balaban J connectivity index is 1.51. The van der Waals surface area contributed by atoms with Gasteiger partial charge in [0.1, 0.15) is 0 Å². The highest BCUT2D eigenvalue weighted by atomic mass is 15.2. The predicted molar refractivity (Wildman–Crippen MR) is 111 cm³/mol.